The Balaban J connectivity index is 1.43. The van der Waals surface area contributed by atoms with Crippen molar-refractivity contribution in [3.05, 3.63) is 58.4 Å². The molecule has 0 saturated carbocycles. The van der Waals surface area contributed by atoms with Gasteiger partial charge in [-0.1, -0.05) is 23.7 Å². The number of methoxy groups -OCH3 is 1. The predicted molar refractivity (Wildman–Crippen MR) is 134 cm³/mol. The number of aryl methyl sites for hydroxylation is 1. The van der Waals surface area contributed by atoms with Crippen LogP contribution in [0.4, 0.5) is 4.39 Å². The maximum absolute atomic E-state index is 14.0. The topological polar surface area (TPSA) is 84.9 Å². The molecule has 2 aromatic carbocycles. The molecule has 0 atom stereocenters. The quantitative estimate of drug-likeness (QED) is 0.444. The van der Waals surface area contributed by atoms with Gasteiger partial charge >= 0.3 is 0 Å². The van der Waals surface area contributed by atoms with E-state index in [1.807, 2.05) is 25.1 Å². The third kappa shape index (κ3) is 7.32. The Morgan fingerprint density at radius 1 is 1.20 bits per heavy atom. The molecular formula is C25H32ClFN2O5S. The van der Waals surface area contributed by atoms with Gasteiger partial charge in [0.1, 0.15) is 5.82 Å². The largest absolute Gasteiger partial charge is 0.493 e. The first-order valence-corrected chi connectivity index (χ1v) is 13.7. The van der Waals surface area contributed by atoms with Gasteiger partial charge in [-0.3, -0.25) is 4.79 Å². The van der Waals surface area contributed by atoms with Crippen molar-refractivity contribution in [1.82, 2.24) is 9.62 Å². The molecule has 0 spiro atoms. The number of halogens is 2. The van der Waals surface area contributed by atoms with E-state index in [2.05, 4.69) is 5.32 Å². The van der Waals surface area contributed by atoms with Crippen LogP contribution < -0.4 is 14.8 Å². The van der Waals surface area contributed by atoms with Crippen molar-refractivity contribution >= 4 is 27.5 Å². The van der Waals surface area contributed by atoms with Crippen molar-refractivity contribution in [2.24, 2.45) is 5.92 Å². The standard InChI is InChI=1S/C25H32ClFN2O5S/c1-3-34-23-10-9-18(16-24(23)33-2)6-5-13-28-25(30)19-11-14-29(15-12-19)35(31,32)17-20-21(26)7-4-8-22(20)27/h4,7-10,16,19H,3,5-6,11-15,17H2,1-2H3,(H,28,30). The second-order valence-corrected chi connectivity index (χ2v) is 10.8. The van der Waals surface area contributed by atoms with E-state index in [-0.39, 0.29) is 35.5 Å². The van der Waals surface area contributed by atoms with Gasteiger partial charge < -0.3 is 14.8 Å². The summed E-state index contributed by atoms with van der Waals surface area (Å²) in [5, 5.41) is 3.05. The Bertz CT molecular complexity index is 1100. The average molecular weight is 527 g/mol. The second kappa shape index (κ2) is 12.6. The van der Waals surface area contributed by atoms with Crippen LogP contribution in [0.1, 0.15) is 37.3 Å². The molecule has 0 bridgehead atoms. The number of ether oxygens (including phenoxy) is 2. The molecule has 1 heterocycles. The number of carbonyl (C=O) groups excluding carboxylic acids is 1. The molecule has 0 aliphatic carbocycles. The van der Waals surface area contributed by atoms with Crippen LogP contribution in [0.15, 0.2) is 36.4 Å². The molecule has 2 aromatic rings. The highest BCUT2D eigenvalue weighted by atomic mass is 35.5. The van der Waals surface area contributed by atoms with Gasteiger partial charge in [0.2, 0.25) is 15.9 Å². The van der Waals surface area contributed by atoms with E-state index < -0.39 is 21.6 Å². The molecule has 0 unspecified atom stereocenters. The van der Waals surface area contributed by atoms with E-state index >= 15 is 0 Å². The van der Waals surface area contributed by atoms with Gasteiger partial charge in [0.15, 0.2) is 11.5 Å². The fourth-order valence-electron chi connectivity index (χ4n) is 4.13. The van der Waals surface area contributed by atoms with Crippen molar-refractivity contribution in [3.8, 4) is 11.5 Å². The number of benzene rings is 2. The molecule has 3 rings (SSSR count). The summed E-state index contributed by atoms with van der Waals surface area (Å²) < 4.78 is 51.8. The smallest absolute Gasteiger partial charge is 0.223 e. The number of nitrogens with one attached hydrogen (secondary N) is 1. The summed E-state index contributed by atoms with van der Waals surface area (Å²) in [6.07, 6.45) is 2.39. The number of hydrogen-bond donors (Lipinski definition) is 1. The highest BCUT2D eigenvalue weighted by molar-refractivity contribution is 7.88. The molecule has 1 fully saturated rings. The molecular weight excluding hydrogens is 495 g/mol. The van der Waals surface area contributed by atoms with Crippen LogP contribution in [0.25, 0.3) is 0 Å². The fourth-order valence-corrected chi connectivity index (χ4v) is 6.05. The molecule has 1 amide bonds. The van der Waals surface area contributed by atoms with Crippen molar-refractivity contribution in [2.45, 2.75) is 38.4 Å². The zero-order chi connectivity index (χ0) is 25.4. The van der Waals surface area contributed by atoms with Crippen molar-refractivity contribution in [3.63, 3.8) is 0 Å². The van der Waals surface area contributed by atoms with Gasteiger partial charge in [-0.2, -0.15) is 0 Å². The van der Waals surface area contributed by atoms with Crippen LogP contribution in [-0.4, -0.2) is 52.0 Å². The van der Waals surface area contributed by atoms with E-state index in [0.717, 1.165) is 18.4 Å². The second-order valence-electron chi connectivity index (χ2n) is 8.44. The minimum atomic E-state index is -3.74. The Hall–Kier alpha value is -2.36. The van der Waals surface area contributed by atoms with Gasteiger partial charge in [-0.05, 0) is 62.4 Å². The lowest BCUT2D eigenvalue weighted by Gasteiger charge is -2.30. The summed E-state index contributed by atoms with van der Waals surface area (Å²) >= 11 is 5.99. The molecule has 1 N–H and O–H groups in total. The lowest BCUT2D eigenvalue weighted by atomic mass is 9.97. The molecule has 192 valence electrons. The molecule has 1 aliphatic heterocycles. The Morgan fingerprint density at radius 2 is 1.94 bits per heavy atom. The molecule has 7 nitrogen and oxygen atoms in total. The van der Waals surface area contributed by atoms with E-state index in [1.54, 1.807) is 7.11 Å². The van der Waals surface area contributed by atoms with Crippen LogP contribution in [0, 0.1) is 11.7 Å². The number of nitrogens with zero attached hydrogens (tertiary/aromatic N) is 1. The van der Waals surface area contributed by atoms with E-state index in [1.165, 1.54) is 22.5 Å². The first kappa shape index (κ1) is 27.2. The van der Waals surface area contributed by atoms with Crippen LogP contribution in [0.3, 0.4) is 0 Å². The third-order valence-corrected chi connectivity index (χ3v) is 8.24. The van der Waals surface area contributed by atoms with Gasteiger partial charge in [-0.15, -0.1) is 0 Å². The fraction of sp³-hybridized carbons (Fsp3) is 0.480. The summed E-state index contributed by atoms with van der Waals surface area (Å²) in [4.78, 5) is 12.6. The average Bonchev–Trinajstić information content (AvgIpc) is 2.85. The Kier molecular flexibility index (Phi) is 9.77. The zero-order valence-corrected chi connectivity index (χ0v) is 21.6. The lowest BCUT2D eigenvalue weighted by Crippen LogP contribution is -2.43. The molecule has 10 heteroatoms. The number of amides is 1. The van der Waals surface area contributed by atoms with E-state index in [9.17, 15) is 17.6 Å². The first-order chi connectivity index (χ1) is 16.7. The van der Waals surface area contributed by atoms with Gasteiger partial charge in [0.05, 0.1) is 19.5 Å². The van der Waals surface area contributed by atoms with Gasteiger partial charge in [0.25, 0.3) is 0 Å². The minimum Gasteiger partial charge on any atom is -0.493 e. The summed E-state index contributed by atoms with van der Waals surface area (Å²) in [7, 11) is -2.13. The Morgan fingerprint density at radius 3 is 2.60 bits per heavy atom. The zero-order valence-electron chi connectivity index (χ0n) is 20.1. The number of hydrogen-bond acceptors (Lipinski definition) is 5. The normalized spacial score (nSPS) is 15.1. The molecule has 35 heavy (non-hydrogen) atoms. The monoisotopic (exact) mass is 526 g/mol. The lowest BCUT2D eigenvalue weighted by molar-refractivity contribution is -0.126. The van der Waals surface area contributed by atoms with Crippen LogP contribution in [-0.2, 0) is 27.0 Å². The molecule has 1 aliphatic rings. The van der Waals surface area contributed by atoms with Gasteiger partial charge in [-0.25, -0.2) is 17.1 Å². The number of piperidine rings is 1. The summed E-state index contributed by atoms with van der Waals surface area (Å²) in [5.41, 5.74) is 1.06. The van der Waals surface area contributed by atoms with Crippen LogP contribution >= 0.6 is 11.6 Å². The highest BCUT2D eigenvalue weighted by Crippen LogP contribution is 2.29. The van der Waals surface area contributed by atoms with Crippen molar-refractivity contribution < 1.29 is 27.1 Å². The van der Waals surface area contributed by atoms with E-state index in [0.29, 0.717) is 37.5 Å². The van der Waals surface area contributed by atoms with Crippen molar-refractivity contribution in [2.75, 3.05) is 33.4 Å². The predicted octanol–water partition coefficient (Wildman–Crippen LogP) is 4.18. The summed E-state index contributed by atoms with van der Waals surface area (Å²) in [6, 6.07) is 9.92. The number of sulfonamides is 1. The molecule has 0 radical (unpaired) electrons. The minimum absolute atomic E-state index is 0.0285. The van der Waals surface area contributed by atoms with Gasteiger partial charge in [0, 0.05) is 36.1 Å². The third-order valence-electron chi connectivity index (χ3n) is 6.08. The maximum atomic E-state index is 14.0. The molecule has 1 saturated heterocycles. The summed E-state index contributed by atoms with van der Waals surface area (Å²) in [5.74, 6) is -0.0533. The molecule has 0 aromatic heterocycles. The van der Waals surface area contributed by atoms with Crippen LogP contribution in [0.5, 0.6) is 11.5 Å². The number of rotatable bonds is 11. The maximum Gasteiger partial charge on any atom is 0.223 e. The number of carbonyl (C=O) groups is 1. The summed E-state index contributed by atoms with van der Waals surface area (Å²) in [6.45, 7) is 3.45. The Labute approximate surface area is 211 Å². The van der Waals surface area contributed by atoms with Crippen molar-refractivity contribution in [1.29, 1.82) is 0 Å². The van der Waals surface area contributed by atoms with Crippen LogP contribution in [0.2, 0.25) is 5.02 Å². The van der Waals surface area contributed by atoms with E-state index in [4.69, 9.17) is 21.1 Å². The first-order valence-electron chi connectivity index (χ1n) is 11.7. The SMILES string of the molecule is CCOc1ccc(CCCNC(=O)C2CCN(S(=O)(=O)Cc3c(F)cccc3Cl)CC2)cc1OC. The highest BCUT2D eigenvalue weighted by Gasteiger charge is 2.32.